The predicted molar refractivity (Wildman–Crippen MR) is 50.9 cm³/mol. The highest BCUT2D eigenvalue weighted by Gasteiger charge is 2.60. The van der Waals surface area contributed by atoms with Crippen LogP contribution in [0.2, 0.25) is 0 Å². The minimum absolute atomic E-state index is 0.189. The average molecular weight is 216 g/mol. The summed E-state index contributed by atoms with van der Waals surface area (Å²) >= 11 is 0. The van der Waals surface area contributed by atoms with Gasteiger partial charge in [0.05, 0.1) is 13.2 Å². The largest absolute Gasteiger partial charge is 0.465 e. The second kappa shape index (κ2) is 4.61. The average Bonchev–Trinajstić information content (AvgIpc) is 2.98. The van der Waals surface area contributed by atoms with E-state index in [0.717, 1.165) is 0 Å². The van der Waals surface area contributed by atoms with E-state index in [1.165, 1.54) is 0 Å². The molecule has 0 aromatic carbocycles. The van der Waals surface area contributed by atoms with Crippen molar-refractivity contribution in [2.24, 2.45) is 5.41 Å². The van der Waals surface area contributed by atoms with Crippen LogP contribution < -0.4 is 0 Å². The van der Waals surface area contributed by atoms with Crippen molar-refractivity contribution in [2.45, 2.75) is 32.8 Å². The lowest BCUT2D eigenvalue weighted by molar-refractivity contribution is -0.168. The molecule has 0 aromatic heterocycles. The Kier molecular flexibility index (Phi) is 3.68. The Morgan fingerprint density at radius 1 is 1.27 bits per heavy atom. The lowest BCUT2D eigenvalue weighted by Gasteiger charge is -2.18. The SMILES string of the molecule is CCOC(=O)[C@H](O)C1(C(=O)OCC)CC1. The number of rotatable bonds is 5. The molecule has 1 rings (SSSR count). The number of hydrogen-bond acceptors (Lipinski definition) is 5. The zero-order valence-corrected chi connectivity index (χ0v) is 8.99. The van der Waals surface area contributed by atoms with E-state index in [-0.39, 0.29) is 13.2 Å². The number of aliphatic hydroxyl groups excluding tert-OH is 1. The van der Waals surface area contributed by atoms with Crippen LogP contribution in [0.25, 0.3) is 0 Å². The maximum absolute atomic E-state index is 11.5. The van der Waals surface area contributed by atoms with E-state index in [1.54, 1.807) is 13.8 Å². The summed E-state index contributed by atoms with van der Waals surface area (Å²) < 4.78 is 9.47. The van der Waals surface area contributed by atoms with Crippen molar-refractivity contribution in [3.63, 3.8) is 0 Å². The maximum Gasteiger partial charge on any atom is 0.336 e. The molecule has 15 heavy (non-hydrogen) atoms. The first-order valence-corrected chi connectivity index (χ1v) is 5.10. The van der Waals surface area contributed by atoms with E-state index >= 15 is 0 Å². The molecular weight excluding hydrogens is 200 g/mol. The molecule has 0 heterocycles. The fourth-order valence-corrected chi connectivity index (χ4v) is 1.45. The van der Waals surface area contributed by atoms with Gasteiger partial charge in [-0.05, 0) is 26.7 Å². The van der Waals surface area contributed by atoms with Crippen molar-refractivity contribution in [3.8, 4) is 0 Å². The maximum atomic E-state index is 11.5. The highest BCUT2D eigenvalue weighted by Crippen LogP contribution is 2.50. The summed E-state index contributed by atoms with van der Waals surface area (Å²) in [7, 11) is 0. The summed E-state index contributed by atoms with van der Waals surface area (Å²) in [6.07, 6.45) is -0.436. The van der Waals surface area contributed by atoms with Crippen LogP contribution in [0.1, 0.15) is 26.7 Å². The van der Waals surface area contributed by atoms with E-state index in [1.807, 2.05) is 0 Å². The molecule has 86 valence electrons. The van der Waals surface area contributed by atoms with Gasteiger partial charge in [-0.1, -0.05) is 0 Å². The number of hydrogen-bond donors (Lipinski definition) is 1. The van der Waals surface area contributed by atoms with E-state index in [2.05, 4.69) is 4.74 Å². The van der Waals surface area contributed by atoms with Gasteiger partial charge < -0.3 is 14.6 Å². The fraction of sp³-hybridized carbons (Fsp3) is 0.800. The second-order valence-corrected chi connectivity index (χ2v) is 3.53. The van der Waals surface area contributed by atoms with Gasteiger partial charge in [0.2, 0.25) is 0 Å². The van der Waals surface area contributed by atoms with Crippen LogP contribution in [0.3, 0.4) is 0 Å². The van der Waals surface area contributed by atoms with E-state index in [9.17, 15) is 14.7 Å². The van der Waals surface area contributed by atoms with E-state index in [0.29, 0.717) is 12.8 Å². The van der Waals surface area contributed by atoms with Gasteiger partial charge in [-0.25, -0.2) is 4.79 Å². The first-order valence-electron chi connectivity index (χ1n) is 5.10. The molecule has 0 aliphatic heterocycles. The van der Waals surface area contributed by atoms with E-state index < -0.39 is 23.5 Å². The first kappa shape index (κ1) is 12.0. The van der Waals surface area contributed by atoms with Gasteiger partial charge in [-0.15, -0.1) is 0 Å². The Bertz CT molecular complexity index is 257. The van der Waals surface area contributed by atoms with Gasteiger partial charge in [0.15, 0.2) is 6.10 Å². The molecule has 0 bridgehead atoms. The number of aliphatic hydroxyl groups is 1. The third-order valence-corrected chi connectivity index (χ3v) is 2.50. The molecule has 1 saturated carbocycles. The molecule has 0 saturated heterocycles. The van der Waals surface area contributed by atoms with Crippen molar-refractivity contribution >= 4 is 11.9 Å². The summed E-state index contributed by atoms with van der Waals surface area (Å²) in [4.78, 5) is 22.7. The zero-order chi connectivity index (χ0) is 11.5. The van der Waals surface area contributed by atoms with Crippen molar-refractivity contribution in [3.05, 3.63) is 0 Å². The topological polar surface area (TPSA) is 72.8 Å². The third-order valence-electron chi connectivity index (χ3n) is 2.50. The Balaban J connectivity index is 2.61. The second-order valence-electron chi connectivity index (χ2n) is 3.53. The van der Waals surface area contributed by atoms with Crippen molar-refractivity contribution in [1.82, 2.24) is 0 Å². The molecule has 0 radical (unpaired) electrons. The molecule has 1 aliphatic carbocycles. The Labute approximate surface area is 88.4 Å². The quantitative estimate of drug-likeness (QED) is 0.667. The van der Waals surface area contributed by atoms with Crippen LogP contribution >= 0.6 is 0 Å². The minimum atomic E-state index is -1.39. The molecule has 0 unspecified atom stereocenters. The van der Waals surface area contributed by atoms with Crippen molar-refractivity contribution < 1.29 is 24.2 Å². The summed E-state index contributed by atoms with van der Waals surface area (Å²) in [5, 5.41) is 9.66. The molecule has 5 nitrogen and oxygen atoms in total. The number of esters is 2. The van der Waals surface area contributed by atoms with Crippen LogP contribution in [0.15, 0.2) is 0 Å². The van der Waals surface area contributed by atoms with Crippen LogP contribution in [0.5, 0.6) is 0 Å². The number of ether oxygens (including phenoxy) is 2. The molecule has 0 spiro atoms. The van der Waals surface area contributed by atoms with Gasteiger partial charge in [-0.2, -0.15) is 0 Å². The summed E-state index contributed by atoms with van der Waals surface area (Å²) in [5.41, 5.74) is -1.04. The molecule has 1 fully saturated rings. The normalized spacial score (nSPS) is 19.1. The number of carbonyl (C=O) groups excluding carboxylic acids is 2. The fourth-order valence-electron chi connectivity index (χ4n) is 1.45. The molecule has 5 heteroatoms. The van der Waals surface area contributed by atoms with Crippen molar-refractivity contribution in [1.29, 1.82) is 0 Å². The molecule has 1 aliphatic rings. The zero-order valence-electron chi connectivity index (χ0n) is 8.99. The van der Waals surface area contributed by atoms with Gasteiger partial charge >= 0.3 is 11.9 Å². The monoisotopic (exact) mass is 216 g/mol. The Morgan fingerprint density at radius 2 is 1.80 bits per heavy atom. The Hall–Kier alpha value is -1.10. The van der Waals surface area contributed by atoms with Gasteiger partial charge in [0.25, 0.3) is 0 Å². The molecule has 1 N–H and O–H groups in total. The molecular formula is C10H16O5. The smallest absolute Gasteiger partial charge is 0.336 e. The molecule has 0 aromatic rings. The molecule has 0 amide bonds. The Morgan fingerprint density at radius 3 is 2.20 bits per heavy atom. The van der Waals surface area contributed by atoms with E-state index in [4.69, 9.17) is 4.74 Å². The summed E-state index contributed by atoms with van der Waals surface area (Å²) in [5.74, 6) is -1.26. The summed E-state index contributed by atoms with van der Waals surface area (Å²) in [6.45, 7) is 3.77. The van der Waals surface area contributed by atoms with Gasteiger partial charge in [0, 0.05) is 0 Å². The lowest BCUT2D eigenvalue weighted by Crippen LogP contribution is -2.38. The lowest BCUT2D eigenvalue weighted by atomic mass is 9.99. The number of carbonyl (C=O) groups is 2. The van der Waals surface area contributed by atoms with Crippen molar-refractivity contribution in [2.75, 3.05) is 13.2 Å². The third kappa shape index (κ3) is 2.28. The highest BCUT2D eigenvalue weighted by atomic mass is 16.6. The molecule has 1 atom stereocenters. The minimum Gasteiger partial charge on any atom is -0.465 e. The highest BCUT2D eigenvalue weighted by molar-refractivity contribution is 5.89. The van der Waals surface area contributed by atoms with Crippen LogP contribution in [0.4, 0.5) is 0 Å². The standard InChI is InChI=1S/C10H16O5/c1-3-14-8(12)7(11)10(5-6-10)9(13)15-4-2/h7,11H,3-6H2,1-2H3/t7-/m0/s1. The predicted octanol–water partition coefficient (Wildman–Crippen LogP) is 0.254. The van der Waals surface area contributed by atoms with Crippen LogP contribution in [-0.4, -0.2) is 36.4 Å². The first-order chi connectivity index (χ1) is 7.08. The van der Waals surface area contributed by atoms with Gasteiger partial charge in [0.1, 0.15) is 5.41 Å². The van der Waals surface area contributed by atoms with Crippen LogP contribution in [0, 0.1) is 5.41 Å². The van der Waals surface area contributed by atoms with Gasteiger partial charge in [-0.3, -0.25) is 4.79 Å². The summed E-state index contributed by atoms with van der Waals surface area (Å²) in [6, 6.07) is 0. The van der Waals surface area contributed by atoms with Crippen LogP contribution in [-0.2, 0) is 19.1 Å².